The van der Waals surface area contributed by atoms with E-state index in [0.717, 1.165) is 0 Å². The number of carbonyl (C=O) groups is 1. The second-order valence-electron chi connectivity index (χ2n) is 4.24. The summed E-state index contributed by atoms with van der Waals surface area (Å²) in [7, 11) is 0. The summed E-state index contributed by atoms with van der Waals surface area (Å²) in [6, 6.07) is 3.83. The third kappa shape index (κ3) is 5.76. The maximum Gasteiger partial charge on any atom is 0.271 e. The van der Waals surface area contributed by atoms with E-state index in [9.17, 15) is 20.0 Å². The molecule has 8 nitrogen and oxygen atoms in total. The van der Waals surface area contributed by atoms with Crippen LogP contribution in [0.3, 0.4) is 0 Å². The van der Waals surface area contributed by atoms with Gasteiger partial charge in [0.15, 0.2) is 0 Å². The average molecular weight is 298 g/mol. The zero-order valence-corrected chi connectivity index (χ0v) is 11.9. The van der Waals surface area contributed by atoms with Gasteiger partial charge in [0.1, 0.15) is 18.5 Å². The SMILES string of the molecule is CCOCC(O)COc1ccc([N+](=O)[O-])cc1NC(C)=O. The van der Waals surface area contributed by atoms with Gasteiger partial charge >= 0.3 is 0 Å². The van der Waals surface area contributed by atoms with Crippen molar-refractivity contribution in [3.8, 4) is 5.75 Å². The number of ether oxygens (including phenoxy) is 2. The average Bonchev–Trinajstić information content (AvgIpc) is 2.42. The van der Waals surface area contributed by atoms with Crippen LogP contribution in [-0.4, -0.2) is 41.9 Å². The molecule has 1 amide bonds. The van der Waals surface area contributed by atoms with Crippen molar-refractivity contribution in [1.82, 2.24) is 0 Å². The van der Waals surface area contributed by atoms with E-state index in [2.05, 4.69) is 5.32 Å². The Morgan fingerprint density at radius 2 is 2.19 bits per heavy atom. The fraction of sp³-hybridized carbons (Fsp3) is 0.462. The molecule has 0 saturated carbocycles. The Labute approximate surface area is 121 Å². The summed E-state index contributed by atoms with van der Waals surface area (Å²) in [4.78, 5) is 21.3. The van der Waals surface area contributed by atoms with Crippen molar-refractivity contribution >= 4 is 17.3 Å². The van der Waals surface area contributed by atoms with Gasteiger partial charge in [-0.2, -0.15) is 0 Å². The summed E-state index contributed by atoms with van der Waals surface area (Å²) in [6.45, 7) is 3.64. The number of benzene rings is 1. The van der Waals surface area contributed by atoms with E-state index in [4.69, 9.17) is 9.47 Å². The molecule has 21 heavy (non-hydrogen) atoms. The van der Waals surface area contributed by atoms with Crippen molar-refractivity contribution in [3.63, 3.8) is 0 Å². The molecule has 0 radical (unpaired) electrons. The number of non-ortho nitro benzene ring substituents is 1. The van der Waals surface area contributed by atoms with Crippen LogP contribution >= 0.6 is 0 Å². The molecule has 2 N–H and O–H groups in total. The van der Waals surface area contributed by atoms with Gasteiger partial charge in [0.05, 0.1) is 17.2 Å². The molecule has 1 aromatic rings. The number of aliphatic hydroxyl groups is 1. The molecule has 8 heteroatoms. The van der Waals surface area contributed by atoms with Gasteiger partial charge in [-0.1, -0.05) is 0 Å². The Bertz CT molecular complexity index is 505. The van der Waals surface area contributed by atoms with E-state index in [-0.39, 0.29) is 36.2 Å². The van der Waals surface area contributed by atoms with Gasteiger partial charge in [-0.3, -0.25) is 14.9 Å². The van der Waals surface area contributed by atoms with Gasteiger partial charge in [-0.05, 0) is 13.0 Å². The highest BCUT2D eigenvalue weighted by Crippen LogP contribution is 2.29. The van der Waals surface area contributed by atoms with Gasteiger partial charge in [0, 0.05) is 25.7 Å². The fourth-order valence-electron chi connectivity index (χ4n) is 1.53. The molecular weight excluding hydrogens is 280 g/mol. The molecular formula is C13H18N2O6. The monoisotopic (exact) mass is 298 g/mol. The lowest BCUT2D eigenvalue weighted by molar-refractivity contribution is -0.384. The van der Waals surface area contributed by atoms with E-state index in [1.807, 2.05) is 0 Å². The molecule has 0 spiro atoms. The van der Waals surface area contributed by atoms with Crippen LogP contribution in [0.4, 0.5) is 11.4 Å². The molecule has 0 heterocycles. The first-order valence-corrected chi connectivity index (χ1v) is 6.38. The largest absolute Gasteiger partial charge is 0.489 e. The summed E-state index contributed by atoms with van der Waals surface area (Å²) >= 11 is 0. The van der Waals surface area contributed by atoms with E-state index in [1.54, 1.807) is 6.92 Å². The number of nitro benzene ring substituents is 1. The molecule has 0 fully saturated rings. The molecule has 1 unspecified atom stereocenters. The number of aliphatic hydroxyl groups excluding tert-OH is 1. The number of nitro groups is 1. The minimum atomic E-state index is -0.828. The number of nitrogens with one attached hydrogen (secondary N) is 1. The zero-order valence-electron chi connectivity index (χ0n) is 11.9. The highest BCUT2D eigenvalue weighted by molar-refractivity contribution is 5.90. The van der Waals surface area contributed by atoms with Gasteiger partial charge in [-0.15, -0.1) is 0 Å². The molecule has 0 aliphatic rings. The third-order valence-corrected chi connectivity index (χ3v) is 2.43. The first-order valence-electron chi connectivity index (χ1n) is 6.38. The summed E-state index contributed by atoms with van der Waals surface area (Å²) in [5, 5.41) is 22.8. The number of carbonyl (C=O) groups excluding carboxylic acids is 1. The quantitative estimate of drug-likeness (QED) is 0.553. The van der Waals surface area contributed by atoms with Crippen LogP contribution in [-0.2, 0) is 9.53 Å². The zero-order chi connectivity index (χ0) is 15.8. The van der Waals surface area contributed by atoms with E-state index in [0.29, 0.717) is 6.61 Å². The van der Waals surface area contributed by atoms with Crippen molar-refractivity contribution in [1.29, 1.82) is 0 Å². The Hall–Kier alpha value is -2.19. The number of amides is 1. The number of nitrogens with zero attached hydrogens (tertiary/aromatic N) is 1. The lowest BCUT2D eigenvalue weighted by Crippen LogP contribution is -2.23. The molecule has 0 aliphatic heterocycles. The van der Waals surface area contributed by atoms with Crippen molar-refractivity contribution < 1.29 is 24.3 Å². The Balaban J connectivity index is 2.79. The van der Waals surface area contributed by atoms with Crippen LogP contribution < -0.4 is 10.1 Å². The highest BCUT2D eigenvalue weighted by Gasteiger charge is 2.14. The number of rotatable bonds is 8. The normalized spacial score (nSPS) is 11.8. The summed E-state index contributed by atoms with van der Waals surface area (Å²) in [6.07, 6.45) is -0.828. The first kappa shape index (κ1) is 16.9. The molecule has 0 aromatic heterocycles. The van der Waals surface area contributed by atoms with Crippen molar-refractivity contribution in [3.05, 3.63) is 28.3 Å². The summed E-state index contributed by atoms with van der Waals surface area (Å²) in [5.74, 6) is -0.137. The van der Waals surface area contributed by atoms with Crippen LogP contribution in [0.5, 0.6) is 5.75 Å². The Morgan fingerprint density at radius 3 is 2.76 bits per heavy atom. The Kier molecular flexibility index (Phi) is 6.57. The predicted octanol–water partition coefficient (Wildman–Crippen LogP) is 1.33. The van der Waals surface area contributed by atoms with Crippen LogP contribution in [0.1, 0.15) is 13.8 Å². The minimum Gasteiger partial charge on any atom is -0.489 e. The first-order chi connectivity index (χ1) is 9.93. The number of anilines is 1. The summed E-state index contributed by atoms with van der Waals surface area (Å²) in [5.41, 5.74) is 0.0151. The lowest BCUT2D eigenvalue weighted by atomic mass is 10.2. The number of hydrogen-bond acceptors (Lipinski definition) is 6. The van der Waals surface area contributed by atoms with Crippen molar-refractivity contribution in [2.75, 3.05) is 25.1 Å². The van der Waals surface area contributed by atoms with Crippen LogP contribution in [0, 0.1) is 10.1 Å². The topological polar surface area (TPSA) is 111 Å². The molecule has 1 atom stereocenters. The fourth-order valence-corrected chi connectivity index (χ4v) is 1.53. The Morgan fingerprint density at radius 1 is 1.48 bits per heavy atom. The smallest absolute Gasteiger partial charge is 0.271 e. The van der Waals surface area contributed by atoms with Gasteiger partial charge < -0.3 is 19.9 Å². The van der Waals surface area contributed by atoms with Gasteiger partial charge in [0.2, 0.25) is 5.91 Å². The maximum atomic E-state index is 11.1. The van der Waals surface area contributed by atoms with Crippen molar-refractivity contribution in [2.24, 2.45) is 0 Å². The van der Waals surface area contributed by atoms with Crippen molar-refractivity contribution in [2.45, 2.75) is 20.0 Å². The van der Waals surface area contributed by atoms with E-state index >= 15 is 0 Å². The van der Waals surface area contributed by atoms with Crippen LogP contribution in [0.2, 0.25) is 0 Å². The number of hydrogen-bond donors (Lipinski definition) is 2. The van der Waals surface area contributed by atoms with Crippen LogP contribution in [0.15, 0.2) is 18.2 Å². The second kappa shape index (κ2) is 8.18. The molecule has 116 valence electrons. The lowest BCUT2D eigenvalue weighted by Gasteiger charge is -2.15. The van der Waals surface area contributed by atoms with Gasteiger partial charge in [-0.25, -0.2) is 0 Å². The second-order valence-corrected chi connectivity index (χ2v) is 4.24. The van der Waals surface area contributed by atoms with Gasteiger partial charge in [0.25, 0.3) is 5.69 Å². The molecule has 0 saturated heterocycles. The van der Waals surface area contributed by atoms with E-state index in [1.165, 1.54) is 25.1 Å². The molecule has 1 rings (SSSR count). The molecule has 1 aromatic carbocycles. The summed E-state index contributed by atoms with van der Waals surface area (Å²) < 4.78 is 10.4. The van der Waals surface area contributed by atoms with Crippen LogP contribution in [0.25, 0.3) is 0 Å². The molecule has 0 bridgehead atoms. The highest BCUT2D eigenvalue weighted by atomic mass is 16.6. The predicted molar refractivity (Wildman–Crippen MR) is 75.4 cm³/mol. The van der Waals surface area contributed by atoms with E-state index < -0.39 is 11.0 Å². The minimum absolute atomic E-state index is 0.0512. The molecule has 0 aliphatic carbocycles. The third-order valence-electron chi connectivity index (χ3n) is 2.43. The maximum absolute atomic E-state index is 11.1. The standard InChI is InChI=1S/C13H18N2O6/c1-3-20-7-11(17)8-21-13-5-4-10(15(18)19)6-12(13)14-9(2)16/h4-6,11,17H,3,7-8H2,1-2H3,(H,14,16).